The van der Waals surface area contributed by atoms with Gasteiger partial charge in [-0.2, -0.15) is 9.97 Å². The molecule has 3 aromatic rings. The van der Waals surface area contributed by atoms with Crippen molar-refractivity contribution in [2.45, 2.75) is 19.3 Å². The maximum atomic E-state index is 6.08. The van der Waals surface area contributed by atoms with Crippen molar-refractivity contribution < 1.29 is 4.42 Å². The number of hydrogen-bond acceptors (Lipinski definition) is 6. The van der Waals surface area contributed by atoms with E-state index in [1.165, 1.54) is 10.8 Å². The average Bonchev–Trinajstić information content (AvgIpc) is 2.94. The lowest BCUT2D eigenvalue weighted by Gasteiger charge is -2.21. The Bertz CT molecular complexity index is 1240. The van der Waals surface area contributed by atoms with Crippen LogP contribution in [0.3, 0.4) is 0 Å². The first-order chi connectivity index (χ1) is 13.2. The molecule has 1 atom stereocenters. The van der Waals surface area contributed by atoms with Gasteiger partial charge < -0.3 is 15.9 Å². The van der Waals surface area contributed by atoms with Gasteiger partial charge in [0.1, 0.15) is 5.82 Å². The zero-order valence-electron chi connectivity index (χ0n) is 14.7. The molecule has 134 valence electrons. The summed E-state index contributed by atoms with van der Waals surface area (Å²) in [4.78, 5) is 13.2. The molecule has 27 heavy (non-hydrogen) atoms. The summed E-state index contributed by atoms with van der Waals surface area (Å²) in [6.45, 7) is 0. The van der Waals surface area contributed by atoms with E-state index in [-0.39, 0.29) is 11.9 Å². The summed E-state index contributed by atoms with van der Waals surface area (Å²) in [6.07, 6.45) is 10.9. The Morgan fingerprint density at radius 3 is 2.93 bits per heavy atom. The van der Waals surface area contributed by atoms with Gasteiger partial charge in [-0.25, -0.2) is 0 Å². The van der Waals surface area contributed by atoms with E-state index < -0.39 is 0 Å². The molecule has 5 rings (SSSR count). The zero-order chi connectivity index (χ0) is 18.4. The van der Waals surface area contributed by atoms with Crippen LogP contribution in [0, 0.1) is 5.92 Å². The largest absolute Gasteiger partial charge is 0.446 e. The Kier molecular flexibility index (Phi) is 3.57. The van der Waals surface area contributed by atoms with Crippen LogP contribution in [0.4, 0.5) is 11.8 Å². The van der Waals surface area contributed by atoms with Crippen LogP contribution in [-0.2, 0) is 6.42 Å². The van der Waals surface area contributed by atoms with Crippen LogP contribution >= 0.6 is 0 Å². The fourth-order valence-corrected chi connectivity index (χ4v) is 3.94. The zero-order valence-corrected chi connectivity index (χ0v) is 14.7. The highest BCUT2D eigenvalue weighted by molar-refractivity contribution is 5.88. The quantitative estimate of drug-likeness (QED) is 0.685. The van der Waals surface area contributed by atoms with Gasteiger partial charge in [-0.1, -0.05) is 36.4 Å². The lowest BCUT2D eigenvalue weighted by molar-refractivity contribution is 0.593. The molecule has 6 heteroatoms. The molecule has 0 saturated heterocycles. The van der Waals surface area contributed by atoms with Crippen molar-refractivity contribution in [1.29, 1.82) is 0 Å². The smallest absolute Gasteiger partial charge is 0.233 e. The van der Waals surface area contributed by atoms with Gasteiger partial charge in [-0.05, 0) is 29.7 Å². The van der Waals surface area contributed by atoms with Crippen molar-refractivity contribution in [1.82, 2.24) is 9.97 Å². The fourth-order valence-electron chi connectivity index (χ4n) is 3.94. The summed E-state index contributed by atoms with van der Waals surface area (Å²) in [7, 11) is 0. The Morgan fingerprint density at radius 2 is 2.00 bits per heavy atom. The Balaban J connectivity index is 1.55. The number of aromatic nitrogens is 2. The summed E-state index contributed by atoms with van der Waals surface area (Å²) >= 11 is 0. The molecule has 1 aromatic carbocycles. The number of nitrogen functional groups attached to an aromatic ring is 2. The summed E-state index contributed by atoms with van der Waals surface area (Å²) in [5.41, 5.74) is 15.7. The Morgan fingerprint density at radius 1 is 1.11 bits per heavy atom. The Labute approximate surface area is 155 Å². The van der Waals surface area contributed by atoms with Crippen LogP contribution in [0.5, 0.6) is 0 Å². The molecule has 0 spiro atoms. The van der Waals surface area contributed by atoms with Gasteiger partial charge >= 0.3 is 0 Å². The average molecular weight is 357 g/mol. The molecular weight excluding hydrogens is 338 g/mol. The number of nitrogens with two attached hydrogens (primary N) is 2. The lowest BCUT2D eigenvalue weighted by Crippen LogP contribution is -2.23. The molecule has 0 bridgehead atoms. The van der Waals surface area contributed by atoms with Gasteiger partial charge in [0, 0.05) is 23.6 Å². The third-order valence-electron chi connectivity index (χ3n) is 5.23. The van der Waals surface area contributed by atoms with E-state index in [9.17, 15) is 0 Å². The van der Waals surface area contributed by atoms with Gasteiger partial charge in [0.2, 0.25) is 11.7 Å². The molecule has 0 radical (unpaired) electrons. The van der Waals surface area contributed by atoms with Crippen molar-refractivity contribution in [2.24, 2.45) is 10.9 Å². The molecule has 6 nitrogen and oxygen atoms in total. The van der Waals surface area contributed by atoms with Crippen LogP contribution in [0.25, 0.3) is 17.2 Å². The van der Waals surface area contributed by atoms with Gasteiger partial charge in [-0.3, -0.25) is 4.99 Å². The van der Waals surface area contributed by atoms with Crippen LogP contribution in [0.15, 0.2) is 63.4 Å². The summed E-state index contributed by atoms with van der Waals surface area (Å²) < 4.78 is 5.58. The van der Waals surface area contributed by atoms with Crippen molar-refractivity contribution in [2.75, 3.05) is 11.5 Å². The van der Waals surface area contributed by atoms with Crippen LogP contribution < -0.4 is 22.0 Å². The normalized spacial score (nSPS) is 18.4. The van der Waals surface area contributed by atoms with E-state index in [1.54, 1.807) is 6.26 Å². The van der Waals surface area contributed by atoms with E-state index in [4.69, 9.17) is 20.9 Å². The lowest BCUT2D eigenvalue weighted by atomic mass is 9.84. The summed E-state index contributed by atoms with van der Waals surface area (Å²) in [5.74, 6) is 0.721. The number of benzene rings is 1. The number of nitrogens with zero attached hydrogens (tertiary/aromatic N) is 3. The van der Waals surface area contributed by atoms with Crippen molar-refractivity contribution in [3.63, 3.8) is 0 Å². The van der Waals surface area contributed by atoms with Gasteiger partial charge in [0.15, 0.2) is 0 Å². The summed E-state index contributed by atoms with van der Waals surface area (Å²) in [5, 5.41) is 2.98. The molecule has 2 aliphatic rings. The van der Waals surface area contributed by atoms with E-state index in [0.717, 1.165) is 41.3 Å². The highest BCUT2D eigenvalue weighted by Gasteiger charge is 2.23. The molecular formula is C21H19N5O. The van der Waals surface area contributed by atoms with Gasteiger partial charge in [0.25, 0.3) is 0 Å². The monoisotopic (exact) mass is 357 g/mol. The predicted octanol–water partition coefficient (Wildman–Crippen LogP) is 2.26. The number of anilines is 2. The number of hydrogen-bond donors (Lipinski definition) is 2. The van der Waals surface area contributed by atoms with Crippen molar-refractivity contribution in [3.8, 4) is 0 Å². The number of allylic oxidation sites excluding steroid dienone is 3. The molecule has 0 amide bonds. The minimum absolute atomic E-state index is 0.124. The van der Waals surface area contributed by atoms with E-state index in [0.29, 0.717) is 11.5 Å². The number of fused-ring (bicyclic) bond motifs is 2. The molecule has 0 saturated carbocycles. The molecule has 4 N–H and O–H groups in total. The van der Waals surface area contributed by atoms with Crippen LogP contribution in [-0.4, -0.2) is 9.97 Å². The van der Waals surface area contributed by atoms with Crippen molar-refractivity contribution >= 4 is 28.9 Å². The highest BCUT2D eigenvalue weighted by atomic mass is 16.3. The molecule has 1 aliphatic heterocycles. The summed E-state index contributed by atoms with van der Waals surface area (Å²) in [6, 6.07) is 8.27. The van der Waals surface area contributed by atoms with E-state index in [2.05, 4.69) is 46.4 Å². The second kappa shape index (κ2) is 6.09. The molecule has 1 unspecified atom stereocenters. The maximum Gasteiger partial charge on any atom is 0.233 e. The van der Waals surface area contributed by atoms with Crippen LogP contribution in [0.2, 0.25) is 0 Å². The number of para-hydroxylation sites is 1. The Hall–Kier alpha value is -3.41. The van der Waals surface area contributed by atoms with Crippen LogP contribution in [0.1, 0.15) is 18.4 Å². The van der Waals surface area contributed by atoms with E-state index in [1.807, 2.05) is 6.07 Å². The minimum Gasteiger partial charge on any atom is -0.446 e. The minimum atomic E-state index is 0.124. The standard InChI is InChI=1S/C21H19N5O/c22-19-18-14(11-27-20(18)26-21(23)25-19)10-13-5-3-7-17-15(13)9-8-12-4-1-2-6-16(12)24-17/h1-6,8,11,13H,7,9-10H2,(H4,22,23,25,26). The first-order valence-electron chi connectivity index (χ1n) is 9.00. The van der Waals surface area contributed by atoms with Gasteiger partial charge in [-0.15, -0.1) is 0 Å². The molecule has 1 aliphatic carbocycles. The third kappa shape index (κ3) is 2.70. The van der Waals surface area contributed by atoms with Gasteiger partial charge in [0.05, 0.1) is 17.0 Å². The predicted molar refractivity (Wildman–Crippen MR) is 105 cm³/mol. The number of rotatable bonds is 2. The molecule has 0 fully saturated rings. The molecule has 3 heterocycles. The highest BCUT2D eigenvalue weighted by Crippen LogP contribution is 2.34. The second-order valence-electron chi connectivity index (χ2n) is 6.90. The third-order valence-corrected chi connectivity index (χ3v) is 5.23. The first kappa shape index (κ1) is 15.8. The topological polar surface area (TPSA) is 103 Å². The van der Waals surface area contributed by atoms with Crippen molar-refractivity contribution in [3.05, 3.63) is 70.1 Å². The molecule has 2 aromatic heterocycles. The number of furan rings is 1. The van der Waals surface area contributed by atoms with E-state index >= 15 is 0 Å². The maximum absolute atomic E-state index is 6.08. The first-order valence-corrected chi connectivity index (χ1v) is 9.00. The fraction of sp³-hybridized carbons (Fsp3) is 0.190. The SMILES string of the molecule is Nc1nc(N)c2c(CC3C=CCC4=C3CC=c3ccccc3=N4)coc2n1. The second-order valence-corrected chi connectivity index (χ2v) is 6.90.